The zero-order chi connectivity index (χ0) is 29.7. The standard InChI is InChI=1S/C28H27ClF3N7O2S/c1-3-20(40)38-6-8-39(9-7-38)26-17-11-18(29)21(16-4-5-19(31)25-24(16)34-27(33)42-25)22(32)23(17)35-28(36-26)41-13-15-10-14(30)12-37(15)2/h3-5,11,14-15H,1,6-10,12-13H2,2H3,(H2,33,34)/t14-,15-/m0/s1. The van der Waals surface area contributed by atoms with Crippen molar-refractivity contribution >= 4 is 60.9 Å². The van der Waals surface area contributed by atoms with Gasteiger partial charge in [-0.1, -0.05) is 29.5 Å². The molecule has 4 aromatic rings. The van der Waals surface area contributed by atoms with Gasteiger partial charge in [-0.15, -0.1) is 0 Å². The van der Waals surface area contributed by atoms with E-state index in [2.05, 4.69) is 21.5 Å². The van der Waals surface area contributed by atoms with Gasteiger partial charge < -0.3 is 20.3 Å². The van der Waals surface area contributed by atoms with Gasteiger partial charge in [-0.25, -0.2) is 18.2 Å². The van der Waals surface area contributed by atoms with Gasteiger partial charge in [0.1, 0.15) is 29.9 Å². The lowest BCUT2D eigenvalue weighted by atomic mass is 10.0. The first-order chi connectivity index (χ1) is 20.1. The van der Waals surface area contributed by atoms with E-state index in [4.69, 9.17) is 22.1 Å². The number of fused-ring (bicyclic) bond motifs is 2. The van der Waals surface area contributed by atoms with Crippen LogP contribution in [0.2, 0.25) is 5.02 Å². The van der Waals surface area contributed by atoms with Gasteiger partial charge in [-0.3, -0.25) is 9.69 Å². The fraction of sp³-hybridized carbons (Fsp3) is 0.357. The van der Waals surface area contributed by atoms with E-state index in [1.807, 2.05) is 16.8 Å². The number of thiazole rings is 1. The Morgan fingerprint density at radius 2 is 1.98 bits per heavy atom. The largest absolute Gasteiger partial charge is 0.462 e. The first-order valence-electron chi connectivity index (χ1n) is 13.3. The Labute approximate surface area is 248 Å². The Hall–Kier alpha value is -3.68. The minimum Gasteiger partial charge on any atom is -0.462 e. The third-order valence-electron chi connectivity index (χ3n) is 7.73. The van der Waals surface area contributed by atoms with Crippen molar-refractivity contribution in [2.24, 2.45) is 0 Å². The number of carbonyl (C=O) groups excluding carboxylic acids is 1. The molecule has 14 heteroatoms. The minimum atomic E-state index is -0.958. The number of amides is 1. The lowest BCUT2D eigenvalue weighted by Crippen LogP contribution is -2.48. The molecule has 2 N–H and O–H groups in total. The molecular weight excluding hydrogens is 591 g/mol. The number of likely N-dealkylation sites (tertiary alicyclic amines) is 1. The van der Waals surface area contributed by atoms with Crippen LogP contribution >= 0.6 is 22.9 Å². The predicted octanol–water partition coefficient (Wildman–Crippen LogP) is 4.68. The van der Waals surface area contributed by atoms with Crippen LogP contribution in [0, 0.1) is 11.6 Å². The first kappa shape index (κ1) is 28.4. The van der Waals surface area contributed by atoms with Crippen molar-refractivity contribution in [3.05, 3.63) is 47.5 Å². The Bertz CT molecular complexity index is 1710. The topological polar surface area (TPSA) is 101 Å². The molecule has 2 aromatic carbocycles. The Kier molecular flexibility index (Phi) is 7.58. The molecule has 6 rings (SSSR count). The third-order valence-corrected chi connectivity index (χ3v) is 8.92. The highest BCUT2D eigenvalue weighted by Gasteiger charge is 2.31. The fourth-order valence-electron chi connectivity index (χ4n) is 5.55. The van der Waals surface area contributed by atoms with E-state index >= 15 is 4.39 Å². The molecule has 0 aliphatic carbocycles. The molecule has 42 heavy (non-hydrogen) atoms. The third kappa shape index (κ3) is 5.09. The Morgan fingerprint density at radius 3 is 2.67 bits per heavy atom. The highest BCUT2D eigenvalue weighted by molar-refractivity contribution is 7.22. The average Bonchev–Trinajstić information content (AvgIpc) is 3.53. The SMILES string of the molecule is C=CC(=O)N1CCN(c2nc(OC[C@@H]3C[C@H](F)CN3C)nc3c(F)c(-c4ccc(F)c5sc(N)nc45)c(Cl)cc23)CC1. The van der Waals surface area contributed by atoms with Crippen molar-refractivity contribution in [3.8, 4) is 17.1 Å². The highest BCUT2D eigenvalue weighted by Crippen LogP contribution is 2.42. The second-order valence-electron chi connectivity index (χ2n) is 10.4. The maximum absolute atomic E-state index is 16.5. The molecule has 4 heterocycles. The number of anilines is 2. The van der Waals surface area contributed by atoms with E-state index in [1.54, 1.807) is 11.0 Å². The van der Waals surface area contributed by atoms with Gasteiger partial charge >= 0.3 is 6.01 Å². The van der Waals surface area contributed by atoms with Gasteiger partial charge in [0.25, 0.3) is 0 Å². The number of hydrogen-bond donors (Lipinski definition) is 1. The molecular formula is C28H27ClF3N7O2S. The number of likely N-dealkylation sites (N-methyl/N-ethyl adjacent to an activating group) is 1. The number of ether oxygens (including phenoxy) is 1. The second-order valence-corrected chi connectivity index (χ2v) is 11.8. The van der Waals surface area contributed by atoms with Crippen molar-refractivity contribution < 1.29 is 22.7 Å². The number of hydrogen-bond acceptors (Lipinski definition) is 9. The van der Waals surface area contributed by atoms with E-state index < -0.39 is 17.8 Å². The van der Waals surface area contributed by atoms with Gasteiger partial charge in [0.05, 0.1) is 15.2 Å². The molecule has 0 spiro atoms. The van der Waals surface area contributed by atoms with Crippen molar-refractivity contribution in [2.45, 2.75) is 18.6 Å². The number of nitrogens with zero attached hydrogens (tertiary/aromatic N) is 6. The van der Waals surface area contributed by atoms with Crippen molar-refractivity contribution in [3.63, 3.8) is 0 Å². The summed E-state index contributed by atoms with van der Waals surface area (Å²) in [4.78, 5) is 30.8. The quantitative estimate of drug-likeness (QED) is 0.312. The molecule has 9 nitrogen and oxygen atoms in total. The summed E-state index contributed by atoms with van der Waals surface area (Å²) >= 11 is 7.66. The molecule has 0 bridgehead atoms. The van der Waals surface area contributed by atoms with Crippen LogP contribution in [-0.4, -0.2) is 89.3 Å². The van der Waals surface area contributed by atoms with E-state index in [9.17, 15) is 13.6 Å². The highest BCUT2D eigenvalue weighted by atomic mass is 35.5. The molecule has 2 aromatic heterocycles. The number of nitrogen functional groups attached to an aromatic ring is 1. The zero-order valence-electron chi connectivity index (χ0n) is 22.6. The van der Waals surface area contributed by atoms with Crippen molar-refractivity contribution in [2.75, 3.05) is 57.0 Å². The van der Waals surface area contributed by atoms with Crippen LogP contribution in [0.15, 0.2) is 30.9 Å². The van der Waals surface area contributed by atoms with Crippen LogP contribution in [0.3, 0.4) is 0 Å². The summed E-state index contributed by atoms with van der Waals surface area (Å²) in [6.07, 6.45) is 0.616. The number of piperazine rings is 1. The fourth-order valence-corrected chi connectivity index (χ4v) is 6.61. The van der Waals surface area contributed by atoms with Gasteiger partial charge in [0.15, 0.2) is 10.9 Å². The molecule has 2 fully saturated rings. The average molecular weight is 618 g/mol. The predicted molar refractivity (Wildman–Crippen MR) is 158 cm³/mol. The molecule has 2 saturated heterocycles. The van der Waals surface area contributed by atoms with Crippen molar-refractivity contribution in [1.82, 2.24) is 24.8 Å². The summed E-state index contributed by atoms with van der Waals surface area (Å²) in [7, 11) is 1.81. The van der Waals surface area contributed by atoms with Crippen LogP contribution in [-0.2, 0) is 4.79 Å². The van der Waals surface area contributed by atoms with Crippen LogP contribution in [0.1, 0.15) is 6.42 Å². The van der Waals surface area contributed by atoms with E-state index in [1.165, 1.54) is 18.2 Å². The number of carbonyl (C=O) groups is 1. The molecule has 0 saturated carbocycles. The zero-order valence-corrected chi connectivity index (χ0v) is 24.2. The minimum absolute atomic E-state index is 0.00716. The lowest BCUT2D eigenvalue weighted by Gasteiger charge is -2.35. The molecule has 2 aliphatic heterocycles. The normalized spacial score (nSPS) is 19.6. The van der Waals surface area contributed by atoms with Crippen LogP contribution < -0.4 is 15.4 Å². The number of nitrogens with two attached hydrogens (primary N) is 1. The van der Waals surface area contributed by atoms with E-state index in [0.29, 0.717) is 50.3 Å². The maximum atomic E-state index is 16.5. The Morgan fingerprint density at radius 1 is 1.21 bits per heavy atom. The summed E-state index contributed by atoms with van der Waals surface area (Å²) in [5, 5.41) is 0.533. The molecule has 220 valence electrons. The van der Waals surface area contributed by atoms with Crippen LogP contribution in [0.4, 0.5) is 24.1 Å². The molecule has 1 amide bonds. The molecule has 2 atom stereocenters. The summed E-state index contributed by atoms with van der Waals surface area (Å²) in [6, 6.07) is 3.93. The number of benzene rings is 2. The summed E-state index contributed by atoms with van der Waals surface area (Å²) in [6.45, 7) is 5.61. The monoisotopic (exact) mass is 617 g/mol. The summed E-state index contributed by atoms with van der Waals surface area (Å²) in [5.41, 5.74) is 6.25. The van der Waals surface area contributed by atoms with E-state index in [0.717, 1.165) is 11.3 Å². The van der Waals surface area contributed by atoms with Gasteiger partial charge in [0.2, 0.25) is 5.91 Å². The number of alkyl halides is 1. The second kappa shape index (κ2) is 11.2. The lowest BCUT2D eigenvalue weighted by molar-refractivity contribution is -0.126. The Balaban J connectivity index is 1.46. The molecule has 0 unspecified atom stereocenters. The first-order valence-corrected chi connectivity index (χ1v) is 14.5. The van der Waals surface area contributed by atoms with Crippen LogP contribution in [0.25, 0.3) is 32.2 Å². The van der Waals surface area contributed by atoms with Gasteiger partial charge in [0, 0.05) is 55.3 Å². The van der Waals surface area contributed by atoms with E-state index in [-0.39, 0.29) is 61.6 Å². The molecule has 2 aliphatic rings. The van der Waals surface area contributed by atoms with Gasteiger partial charge in [-0.2, -0.15) is 9.97 Å². The number of aromatic nitrogens is 3. The smallest absolute Gasteiger partial charge is 0.319 e. The van der Waals surface area contributed by atoms with Crippen molar-refractivity contribution in [1.29, 1.82) is 0 Å². The number of rotatable bonds is 6. The molecule has 0 radical (unpaired) electrons. The summed E-state index contributed by atoms with van der Waals surface area (Å²) in [5.74, 6) is -1.07. The maximum Gasteiger partial charge on any atom is 0.319 e. The summed E-state index contributed by atoms with van der Waals surface area (Å²) < 4.78 is 51.1. The van der Waals surface area contributed by atoms with Crippen LogP contribution in [0.5, 0.6) is 6.01 Å². The number of halogens is 4. The van der Waals surface area contributed by atoms with Gasteiger partial charge in [-0.05, 0) is 37.7 Å².